The molecule has 1 aliphatic heterocycles. The average Bonchev–Trinajstić information content (AvgIpc) is 3.09. The van der Waals surface area contributed by atoms with Gasteiger partial charge in [0.25, 0.3) is 5.91 Å². The van der Waals surface area contributed by atoms with Gasteiger partial charge in [-0.3, -0.25) is 4.79 Å². The lowest BCUT2D eigenvalue weighted by Gasteiger charge is -2.24. The number of aromatic nitrogens is 1. The fourth-order valence-electron chi connectivity index (χ4n) is 2.75. The highest BCUT2D eigenvalue weighted by Crippen LogP contribution is 2.32. The second kappa shape index (κ2) is 5.88. The van der Waals surface area contributed by atoms with Crippen LogP contribution in [-0.4, -0.2) is 16.6 Å². The first kappa shape index (κ1) is 16.4. The Kier molecular flexibility index (Phi) is 4.02. The highest BCUT2D eigenvalue weighted by Gasteiger charge is 2.30. The van der Waals surface area contributed by atoms with Crippen molar-refractivity contribution in [3.05, 3.63) is 46.6 Å². The van der Waals surface area contributed by atoms with Gasteiger partial charge in [-0.2, -0.15) is 5.26 Å². The number of benzene rings is 1. The van der Waals surface area contributed by atoms with Crippen molar-refractivity contribution in [2.24, 2.45) is 0 Å². The third kappa shape index (κ3) is 3.10. The number of hydrogen-bond acceptors (Lipinski definition) is 3. The largest absolute Gasteiger partial charge is 0.480 e. The predicted octanol–water partition coefficient (Wildman–Crippen LogP) is 3.71. The topological polar surface area (TPSA) is 67.0 Å². The van der Waals surface area contributed by atoms with Crippen LogP contribution in [0.15, 0.2) is 30.5 Å². The molecule has 0 bridgehead atoms. The van der Waals surface area contributed by atoms with Gasteiger partial charge in [-0.1, -0.05) is 11.6 Å². The number of rotatable bonds is 2. The van der Waals surface area contributed by atoms with Gasteiger partial charge in [0.1, 0.15) is 17.6 Å². The van der Waals surface area contributed by atoms with Crippen molar-refractivity contribution in [3.63, 3.8) is 0 Å². The molecule has 1 aromatic carbocycles. The van der Waals surface area contributed by atoms with Crippen LogP contribution in [0.3, 0.4) is 0 Å². The highest BCUT2D eigenvalue weighted by molar-refractivity contribution is 6.30. The smallest absolute Gasteiger partial charge is 0.266 e. The van der Waals surface area contributed by atoms with Gasteiger partial charge in [0.15, 0.2) is 6.10 Å². The first-order valence-corrected chi connectivity index (χ1v) is 8.04. The van der Waals surface area contributed by atoms with Gasteiger partial charge < -0.3 is 14.6 Å². The number of ether oxygens (including phenoxy) is 1. The maximum Gasteiger partial charge on any atom is 0.266 e. The van der Waals surface area contributed by atoms with Crippen LogP contribution in [0.4, 0.5) is 5.82 Å². The minimum atomic E-state index is -0.604. The van der Waals surface area contributed by atoms with E-state index in [9.17, 15) is 4.79 Å². The average molecular weight is 344 g/mol. The van der Waals surface area contributed by atoms with Gasteiger partial charge in [-0.15, -0.1) is 0 Å². The van der Waals surface area contributed by atoms with Crippen molar-refractivity contribution in [1.82, 2.24) is 4.57 Å². The summed E-state index contributed by atoms with van der Waals surface area (Å²) in [5.41, 5.74) is 1.17. The molecule has 124 valence electrons. The van der Waals surface area contributed by atoms with Gasteiger partial charge in [0.2, 0.25) is 0 Å². The molecule has 0 radical (unpaired) electrons. The zero-order valence-electron chi connectivity index (χ0n) is 13.8. The van der Waals surface area contributed by atoms with E-state index in [-0.39, 0.29) is 11.4 Å². The fourth-order valence-corrected chi connectivity index (χ4v) is 2.94. The highest BCUT2D eigenvalue weighted by atomic mass is 35.5. The van der Waals surface area contributed by atoms with Crippen molar-refractivity contribution in [2.45, 2.75) is 38.8 Å². The summed E-state index contributed by atoms with van der Waals surface area (Å²) in [5, 5.41) is 12.6. The fraction of sp³-hybridized carbons (Fsp3) is 0.333. The molecule has 1 aliphatic rings. The van der Waals surface area contributed by atoms with Crippen molar-refractivity contribution >= 4 is 23.3 Å². The maximum atomic E-state index is 12.6. The molecule has 0 aliphatic carbocycles. The molecule has 1 N–H and O–H groups in total. The van der Waals surface area contributed by atoms with Crippen LogP contribution in [0.2, 0.25) is 5.02 Å². The molecule has 0 spiro atoms. The van der Waals surface area contributed by atoms with Crippen LogP contribution < -0.4 is 10.1 Å². The number of carbonyl (C=O) groups excluding carboxylic acids is 1. The van der Waals surface area contributed by atoms with Crippen LogP contribution in [0.25, 0.3) is 0 Å². The number of amides is 1. The Hall–Kier alpha value is -2.45. The maximum absolute atomic E-state index is 12.6. The normalized spacial score (nSPS) is 16.2. The van der Waals surface area contributed by atoms with Crippen molar-refractivity contribution in [3.8, 4) is 11.8 Å². The monoisotopic (exact) mass is 343 g/mol. The summed E-state index contributed by atoms with van der Waals surface area (Å²) in [6.07, 6.45) is 1.61. The number of nitrogens with zero attached hydrogens (tertiary/aromatic N) is 2. The van der Waals surface area contributed by atoms with Crippen LogP contribution in [0.5, 0.6) is 5.75 Å². The number of nitriles is 1. The lowest BCUT2D eigenvalue weighted by Crippen LogP contribution is -2.33. The standard InChI is InChI=1S/C18H18ClN3O2/c1-18(2,3)22-10-11(9-20)6-16(22)21-17(23)15-8-12-7-13(19)4-5-14(12)24-15/h4-7,10,15H,8H2,1-3H3,(H,21,23)/t15-/m1/s1. The lowest BCUT2D eigenvalue weighted by atomic mass is 10.1. The lowest BCUT2D eigenvalue weighted by molar-refractivity contribution is -0.122. The van der Waals surface area contributed by atoms with Crippen LogP contribution >= 0.6 is 11.6 Å². The second-order valence-electron chi connectivity index (χ2n) is 6.82. The molecule has 24 heavy (non-hydrogen) atoms. The van der Waals surface area contributed by atoms with E-state index in [0.717, 1.165) is 5.56 Å². The molecule has 2 aromatic rings. The first-order chi connectivity index (χ1) is 11.3. The molecule has 6 heteroatoms. The zero-order valence-corrected chi connectivity index (χ0v) is 14.5. The Bertz CT molecular complexity index is 843. The van der Waals surface area contributed by atoms with Gasteiger partial charge in [-0.25, -0.2) is 0 Å². The van der Waals surface area contributed by atoms with E-state index in [1.165, 1.54) is 0 Å². The Morgan fingerprint density at radius 2 is 2.17 bits per heavy atom. The molecule has 5 nitrogen and oxygen atoms in total. The predicted molar refractivity (Wildman–Crippen MR) is 92.3 cm³/mol. The number of carbonyl (C=O) groups is 1. The number of nitrogens with one attached hydrogen (secondary N) is 1. The van der Waals surface area contributed by atoms with E-state index in [4.69, 9.17) is 21.6 Å². The number of hydrogen-bond donors (Lipinski definition) is 1. The Balaban J connectivity index is 1.80. The number of anilines is 1. The van der Waals surface area contributed by atoms with Gasteiger partial charge in [0, 0.05) is 23.2 Å². The van der Waals surface area contributed by atoms with E-state index >= 15 is 0 Å². The molecule has 3 rings (SSSR count). The summed E-state index contributed by atoms with van der Waals surface area (Å²) < 4.78 is 7.59. The van der Waals surface area contributed by atoms with Crippen molar-refractivity contribution < 1.29 is 9.53 Å². The van der Waals surface area contributed by atoms with E-state index < -0.39 is 6.10 Å². The molecule has 0 saturated carbocycles. The SMILES string of the molecule is CC(C)(C)n1cc(C#N)cc1NC(=O)[C@H]1Cc2cc(Cl)ccc2O1. The minimum absolute atomic E-state index is 0.240. The molecule has 1 amide bonds. The Morgan fingerprint density at radius 3 is 2.83 bits per heavy atom. The van der Waals surface area contributed by atoms with E-state index in [1.54, 1.807) is 24.4 Å². The summed E-state index contributed by atoms with van der Waals surface area (Å²) in [6, 6.07) is 9.10. The summed E-state index contributed by atoms with van der Waals surface area (Å²) in [6.45, 7) is 6.02. The third-order valence-corrected chi connectivity index (χ3v) is 4.15. The van der Waals surface area contributed by atoms with Crippen molar-refractivity contribution in [1.29, 1.82) is 5.26 Å². The molecule has 0 saturated heterocycles. The number of fused-ring (bicyclic) bond motifs is 1. The molecule has 2 heterocycles. The van der Waals surface area contributed by atoms with E-state index in [1.807, 2.05) is 31.4 Å². The van der Waals surface area contributed by atoms with Crippen molar-refractivity contribution in [2.75, 3.05) is 5.32 Å². The zero-order chi connectivity index (χ0) is 17.5. The molecule has 0 fully saturated rings. The Labute approximate surface area is 145 Å². The summed E-state index contributed by atoms with van der Waals surface area (Å²) in [5.74, 6) is 1.03. The summed E-state index contributed by atoms with van der Waals surface area (Å²) in [4.78, 5) is 12.6. The molecular weight excluding hydrogens is 326 g/mol. The van der Waals surface area contributed by atoms with E-state index in [0.29, 0.717) is 28.6 Å². The summed E-state index contributed by atoms with van der Waals surface area (Å²) in [7, 11) is 0. The second-order valence-corrected chi connectivity index (χ2v) is 7.25. The molecule has 0 unspecified atom stereocenters. The summed E-state index contributed by atoms with van der Waals surface area (Å²) >= 11 is 5.98. The molecular formula is C18H18ClN3O2. The van der Waals surface area contributed by atoms with Crippen LogP contribution in [0.1, 0.15) is 31.9 Å². The van der Waals surface area contributed by atoms with E-state index in [2.05, 4.69) is 11.4 Å². The number of halogens is 1. The third-order valence-electron chi connectivity index (χ3n) is 3.91. The Morgan fingerprint density at radius 1 is 1.42 bits per heavy atom. The quantitative estimate of drug-likeness (QED) is 0.903. The van der Waals surface area contributed by atoms with Gasteiger partial charge in [0.05, 0.1) is 5.56 Å². The first-order valence-electron chi connectivity index (χ1n) is 7.67. The van der Waals surface area contributed by atoms with Gasteiger partial charge in [-0.05, 0) is 50.6 Å². The molecule has 1 atom stereocenters. The minimum Gasteiger partial charge on any atom is -0.480 e. The van der Waals surface area contributed by atoms with Crippen LogP contribution in [-0.2, 0) is 16.8 Å². The van der Waals surface area contributed by atoms with Gasteiger partial charge >= 0.3 is 0 Å². The molecule has 1 aromatic heterocycles. The van der Waals surface area contributed by atoms with Crippen LogP contribution in [0, 0.1) is 11.3 Å².